The summed E-state index contributed by atoms with van der Waals surface area (Å²) in [6, 6.07) is -0.113. The highest BCUT2D eigenvalue weighted by atomic mass is 16.3. The second-order valence-corrected chi connectivity index (χ2v) is 7.46. The predicted octanol–water partition coefficient (Wildman–Crippen LogP) is 1.77. The van der Waals surface area contributed by atoms with E-state index in [1.165, 1.54) is 24.4 Å². The molecule has 1 saturated heterocycles. The van der Waals surface area contributed by atoms with Crippen molar-refractivity contribution in [2.24, 2.45) is 11.8 Å². The van der Waals surface area contributed by atoms with Gasteiger partial charge in [-0.05, 0) is 45.1 Å². The van der Waals surface area contributed by atoms with Gasteiger partial charge in [0.25, 0.3) is 0 Å². The van der Waals surface area contributed by atoms with Crippen molar-refractivity contribution in [2.45, 2.75) is 46.1 Å². The van der Waals surface area contributed by atoms with Crippen LogP contribution in [0.3, 0.4) is 0 Å². The lowest BCUT2D eigenvalue weighted by Crippen LogP contribution is -2.45. The minimum absolute atomic E-state index is 0.113. The summed E-state index contributed by atoms with van der Waals surface area (Å²) in [6.07, 6.45) is 2.30. The molecule has 1 aliphatic rings. The number of urea groups is 1. The molecular weight excluding hydrogens is 266 g/mol. The minimum Gasteiger partial charge on any atom is -0.389 e. The lowest BCUT2D eigenvalue weighted by atomic mass is 9.92. The first-order chi connectivity index (χ1) is 9.67. The third-order valence-corrected chi connectivity index (χ3v) is 3.84. The standard InChI is InChI=1S/C16H33N3O2/c1-13-9-14(2)11-19(10-13)8-6-7-17-15(20)18(5)12-16(3,4)21/h13-14,21H,6-12H2,1-5H3,(H,17,20). The summed E-state index contributed by atoms with van der Waals surface area (Å²) in [6.45, 7) is 12.5. The van der Waals surface area contributed by atoms with E-state index in [9.17, 15) is 9.90 Å². The Morgan fingerprint density at radius 3 is 2.43 bits per heavy atom. The Hall–Kier alpha value is -0.810. The van der Waals surface area contributed by atoms with Crippen molar-refractivity contribution in [3.63, 3.8) is 0 Å². The minimum atomic E-state index is -0.855. The van der Waals surface area contributed by atoms with Crippen molar-refractivity contribution in [3.05, 3.63) is 0 Å². The van der Waals surface area contributed by atoms with E-state index in [-0.39, 0.29) is 6.03 Å². The molecule has 2 atom stereocenters. The molecule has 0 aromatic heterocycles. The van der Waals surface area contributed by atoms with Gasteiger partial charge in [-0.2, -0.15) is 0 Å². The van der Waals surface area contributed by atoms with Gasteiger partial charge in [0, 0.05) is 26.7 Å². The zero-order chi connectivity index (χ0) is 16.0. The molecule has 0 spiro atoms. The van der Waals surface area contributed by atoms with Crippen LogP contribution in [0.1, 0.15) is 40.5 Å². The van der Waals surface area contributed by atoms with Gasteiger partial charge in [-0.15, -0.1) is 0 Å². The maximum Gasteiger partial charge on any atom is 0.317 e. The number of carbonyl (C=O) groups is 1. The number of aliphatic hydroxyl groups is 1. The number of rotatable bonds is 6. The van der Waals surface area contributed by atoms with E-state index in [0.29, 0.717) is 13.1 Å². The van der Waals surface area contributed by atoms with Crippen LogP contribution in [-0.2, 0) is 0 Å². The summed E-state index contributed by atoms with van der Waals surface area (Å²) >= 11 is 0. The fraction of sp³-hybridized carbons (Fsp3) is 0.938. The molecule has 21 heavy (non-hydrogen) atoms. The van der Waals surface area contributed by atoms with Gasteiger partial charge < -0.3 is 20.2 Å². The van der Waals surface area contributed by atoms with Crippen LogP contribution in [0.15, 0.2) is 0 Å². The van der Waals surface area contributed by atoms with Crippen molar-refractivity contribution < 1.29 is 9.90 Å². The molecule has 0 radical (unpaired) electrons. The van der Waals surface area contributed by atoms with Crippen molar-refractivity contribution in [2.75, 3.05) is 39.8 Å². The van der Waals surface area contributed by atoms with Crippen LogP contribution in [0.5, 0.6) is 0 Å². The normalized spacial score (nSPS) is 23.9. The SMILES string of the molecule is CC1CC(C)CN(CCCNC(=O)N(C)CC(C)(C)O)C1. The Morgan fingerprint density at radius 2 is 1.90 bits per heavy atom. The number of hydrogen-bond donors (Lipinski definition) is 2. The summed E-state index contributed by atoms with van der Waals surface area (Å²) in [7, 11) is 1.71. The van der Waals surface area contributed by atoms with Crippen LogP contribution in [0.2, 0.25) is 0 Å². The molecule has 5 heteroatoms. The predicted molar refractivity (Wildman–Crippen MR) is 86.3 cm³/mol. The average Bonchev–Trinajstić information content (AvgIpc) is 2.31. The first-order valence-electron chi connectivity index (χ1n) is 8.11. The fourth-order valence-corrected chi connectivity index (χ4v) is 3.26. The van der Waals surface area contributed by atoms with Crippen molar-refractivity contribution in [3.8, 4) is 0 Å². The highest BCUT2D eigenvalue weighted by Crippen LogP contribution is 2.20. The van der Waals surface area contributed by atoms with Crippen LogP contribution in [0.25, 0.3) is 0 Å². The lowest BCUT2D eigenvalue weighted by molar-refractivity contribution is 0.0531. The molecule has 1 aliphatic heterocycles. The molecular formula is C16H33N3O2. The van der Waals surface area contributed by atoms with E-state index >= 15 is 0 Å². The van der Waals surface area contributed by atoms with Crippen LogP contribution >= 0.6 is 0 Å². The zero-order valence-corrected chi connectivity index (χ0v) is 14.4. The number of likely N-dealkylation sites (tertiary alicyclic amines) is 1. The van der Waals surface area contributed by atoms with Gasteiger partial charge in [0.1, 0.15) is 0 Å². The molecule has 2 amide bonds. The number of amides is 2. The Labute approximate surface area is 129 Å². The van der Waals surface area contributed by atoms with Gasteiger partial charge in [0.15, 0.2) is 0 Å². The van der Waals surface area contributed by atoms with E-state index in [1.807, 2.05) is 0 Å². The summed E-state index contributed by atoms with van der Waals surface area (Å²) in [5, 5.41) is 12.6. The summed E-state index contributed by atoms with van der Waals surface area (Å²) in [4.78, 5) is 15.9. The van der Waals surface area contributed by atoms with Crippen LogP contribution in [-0.4, -0.2) is 66.3 Å². The van der Waals surface area contributed by atoms with Gasteiger partial charge in [0.05, 0.1) is 12.1 Å². The number of carbonyl (C=O) groups excluding carboxylic acids is 1. The third kappa shape index (κ3) is 7.67. The highest BCUT2D eigenvalue weighted by molar-refractivity contribution is 5.73. The number of nitrogens with one attached hydrogen (secondary N) is 1. The van der Waals surface area contributed by atoms with Gasteiger partial charge in [-0.1, -0.05) is 13.8 Å². The van der Waals surface area contributed by atoms with E-state index in [4.69, 9.17) is 0 Å². The second-order valence-electron chi connectivity index (χ2n) is 7.46. The van der Waals surface area contributed by atoms with E-state index in [2.05, 4.69) is 24.1 Å². The quantitative estimate of drug-likeness (QED) is 0.735. The smallest absolute Gasteiger partial charge is 0.317 e. The Kier molecular flexibility index (Phi) is 6.94. The average molecular weight is 299 g/mol. The Balaban J connectivity index is 2.17. The number of likely N-dealkylation sites (N-methyl/N-ethyl adjacent to an activating group) is 1. The summed E-state index contributed by atoms with van der Waals surface area (Å²) in [5.41, 5.74) is -0.855. The molecule has 0 aliphatic carbocycles. The van der Waals surface area contributed by atoms with Crippen molar-refractivity contribution in [1.82, 2.24) is 15.1 Å². The van der Waals surface area contributed by atoms with E-state index < -0.39 is 5.60 Å². The van der Waals surface area contributed by atoms with Crippen molar-refractivity contribution in [1.29, 1.82) is 0 Å². The second kappa shape index (κ2) is 7.99. The zero-order valence-electron chi connectivity index (χ0n) is 14.4. The van der Waals surface area contributed by atoms with E-state index in [1.54, 1.807) is 20.9 Å². The molecule has 2 unspecified atom stereocenters. The van der Waals surface area contributed by atoms with Crippen LogP contribution in [0.4, 0.5) is 4.79 Å². The molecule has 1 rings (SSSR count). The maximum absolute atomic E-state index is 11.9. The molecule has 2 N–H and O–H groups in total. The summed E-state index contributed by atoms with van der Waals surface area (Å²) in [5.74, 6) is 1.56. The number of nitrogens with zero attached hydrogens (tertiary/aromatic N) is 2. The molecule has 0 aromatic rings. The number of hydrogen-bond acceptors (Lipinski definition) is 3. The molecule has 5 nitrogen and oxygen atoms in total. The van der Waals surface area contributed by atoms with Gasteiger partial charge in [-0.25, -0.2) is 4.79 Å². The Bertz CT molecular complexity index is 318. The van der Waals surface area contributed by atoms with Gasteiger partial charge in [0.2, 0.25) is 0 Å². The molecule has 0 saturated carbocycles. The highest BCUT2D eigenvalue weighted by Gasteiger charge is 2.21. The molecule has 1 fully saturated rings. The summed E-state index contributed by atoms with van der Waals surface area (Å²) < 4.78 is 0. The molecule has 0 aromatic carbocycles. The maximum atomic E-state index is 11.9. The number of piperidine rings is 1. The topological polar surface area (TPSA) is 55.8 Å². The third-order valence-electron chi connectivity index (χ3n) is 3.84. The van der Waals surface area contributed by atoms with Gasteiger partial charge in [-0.3, -0.25) is 0 Å². The van der Waals surface area contributed by atoms with Crippen molar-refractivity contribution >= 4 is 6.03 Å². The lowest BCUT2D eigenvalue weighted by Gasteiger charge is -2.35. The molecule has 1 heterocycles. The first kappa shape index (κ1) is 18.2. The first-order valence-corrected chi connectivity index (χ1v) is 8.11. The molecule has 0 bridgehead atoms. The van der Waals surface area contributed by atoms with Crippen LogP contribution in [0, 0.1) is 11.8 Å². The largest absolute Gasteiger partial charge is 0.389 e. The van der Waals surface area contributed by atoms with E-state index in [0.717, 1.165) is 24.8 Å². The van der Waals surface area contributed by atoms with Gasteiger partial charge >= 0.3 is 6.03 Å². The molecule has 124 valence electrons. The monoisotopic (exact) mass is 299 g/mol. The Morgan fingerprint density at radius 1 is 1.33 bits per heavy atom. The van der Waals surface area contributed by atoms with Crippen LogP contribution < -0.4 is 5.32 Å². The fourth-order valence-electron chi connectivity index (χ4n) is 3.26.